The Morgan fingerprint density at radius 3 is 1.14 bits per heavy atom. The van der Waals surface area contributed by atoms with Crippen LogP contribution in [0.4, 0.5) is 52.7 Å². The monoisotopic (exact) mass is 1480 g/mol. The van der Waals surface area contributed by atoms with Crippen molar-refractivity contribution < 1.29 is 95.0 Å². The van der Waals surface area contributed by atoms with Crippen LogP contribution in [-0.2, 0) is 42.7 Å². The van der Waals surface area contributed by atoms with Crippen molar-refractivity contribution in [1.29, 1.82) is 0 Å². The molecule has 6 aromatic rings. The van der Waals surface area contributed by atoms with E-state index in [-0.39, 0.29) is 63.1 Å². The van der Waals surface area contributed by atoms with Crippen molar-refractivity contribution >= 4 is 68.9 Å². The molecule has 3 aliphatic carbocycles. The summed E-state index contributed by atoms with van der Waals surface area (Å²) < 4.78 is 181. The average molecular weight is 1490 g/mol. The third kappa shape index (κ3) is 19.4. The van der Waals surface area contributed by atoms with Crippen LogP contribution in [0.3, 0.4) is 0 Å². The highest BCUT2D eigenvalue weighted by Crippen LogP contribution is 2.46. The second kappa shape index (κ2) is 32.2. The average Bonchev–Trinajstić information content (AvgIpc) is 1.50. The highest BCUT2D eigenvalue weighted by atomic mass is 32.2. The van der Waals surface area contributed by atoms with Crippen LogP contribution in [-0.4, -0.2) is 101 Å². The highest BCUT2D eigenvalue weighted by molar-refractivity contribution is 7.98. The van der Waals surface area contributed by atoms with Crippen molar-refractivity contribution in [2.45, 2.75) is 127 Å². The molecule has 0 radical (unpaired) electrons. The van der Waals surface area contributed by atoms with Gasteiger partial charge >= 0.3 is 24.5 Å². The summed E-state index contributed by atoms with van der Waals surface area (Å²) in [4.78, 5) is 81.3. The number of alkyl halides is 9. The first-order chi connectivity index (χ1) is 48.1. The van der Waals surface area contributed by atoms with Gasteiger partial charge in [-0.2, -0.15) is 39.5 Å². The maximum absolute atomic E-state index is 14.6. The Kier molecular flexibility index (Phi) is 24.4. The molecule has 15 nitrogen and oxygen atoms in total. The van der Waals surface area contributed by atoms with E-state index in [0.29, 0.717) is 55.0 Å². The summed E-state index contributed by atoms with van der Waals surface area (Å²) in [6.07, 6.45) is 6.03. The number of hydrogen-bond donors (Lipinski definition) is 4. The second-order valence-electron chi connectivity index (χ2n) is 24.9. The van der Waals surface area contributed by atoms with Gasteiger partial charge in [-0.1, -0.05) is 54.6 Å². The van der Waals surface area contributed by atoms with Crippen LogP contribution < -0.4 is 16.4 Å². The van der Waals surface area contributed by atoms with Crippen molar-refractivity contribution in [2.75, 3.05) is 18.8 Å². The molecule has 12 rings (SSSR count). The number of carboxylic acids is 1. The van der Waals surface area contributed by atoms with Crippen molar-refractivity contribution in [1.82, 2.24) is 25.3 Å². The zero-order chi connectivity index (χ0) is 74.3. The van der Waals surface area contributed by atoms with Gasteiger partial charge in [0.2, 0.25) is 11.8 Å². The summed E-state index contributed by atoms with van der Waals surface area (Å²) >= 11 is 3.04. The number of carbonyl (C=O) groups excluding carboxylic acids is 5. The third-order valence-corrected chi connectivity index (χ3v) is 20.1. The Hall–Kier alpha value is -8.87. The predicted octanol–water partition coefficient (Wildman–Crippen LogP) is 15.3. The van der Waals surface area contributed by atoms with Crippen molar-refractivity contribution in [3.8, 4) is 0 Å². The Morgan fingerprint density at radius 2 is 0.814 bits per heavy atom. The van der Waals surface area contributed by atoms with Crippen LogP contribution in [0.15, 0.2) is 179 Å². The maximum atomic E-state index is 14.6. The van der Waals surface area contributed by atoms with E-state index < -0.39 is 122 Å². The van der Waals surface area contributed by atoms with Gasteiger partial charge in [-0.3, -0.25) is 24.0 Å². The van der Waals surface area contributed by atoms with Gasteiger partial charge in [0.15, 0.2) is 9.84 Å². The number of nitrogens with one attached hydrogen (secondary N) is 2. The van der Waals surface area contributed by atoms with Crippen LogP contribution in [0, 0.1) is 35.2 Å². The fourth-order valence-corrected chi connectivity index (χ4v) is 13.1. The van der Waals surface area contributed by atoms with Crippen LogP contribution in [0.5, 0.6) is 0 Å². The van der Waals surface area contributed by atoms with E-state index in [4.69, 9.17) is 10.8 Å². The Morgan fingerprint density at radius 1 is 0.480 bits per heavy atom. The summed E-state index contributed by atoms with van der Waals surface area (Å²) in [7, 11) is -3.55. The summed E-state index contributed by atoms with van der Waals surface area (Å²) in [5.74, 6) is -6.13. The Labute approximate surface area is 587 Å². The summed E-state index contributed by atoms with van der Waals surface area (Å²) in [5.41, 5.74) is 3.76. The fourth-order valence-electron chi connectivity index (χ4n) is 11.5. The van der Waals surface area contributed by atoms with Gasteiger partial charge in [0, 0.05) is 74.1 Å². The Balaban J connectivity index is 0.000000166. The second-order valence-corrected chi connectivity index (χ2v) is 28.6. The number of hydrogen-bond acceptors (Lipinski definition) is 11. The van der Waals surface area contributed by atoms with Crippen LogP contribution in [0.1, 0.15) is 140 Å². The van der Waals surface area contributed by atoms with E-state index in [1.54, 1.807) is 78.8 Å². The quantitative estimate of drug-likeness (QED) is 0.0495. The summed E-state index contributed by atoms with van der Waals surface area (Å²) in [5, 5.41) is 14.6. The molecule has 5 amide bonds. The molecule has 0 saturated heterocycles. The van der Waals surface area contributed by atoms with E-state index in [2.05, 4.69) is 10.6 Å². The number of amides is 5. The van der Waals surface area contributed by atoms with E-state index in [0.717, 1.165) is 78.1 Å². The van der Waals surface area contributed by atoms with Gasteiger partial charge in [-0.25, -0.2) is 26.4 Å². The molecule has 3 saturated carbocycles. The molecule has 6 aromatic carbocycles. The van der Waals surface area contributed by atoms with Gasteiger partial charge < -0.3 is 36.2 Å². The van der Waals surface area contributed by atoms with Gasteiger partial charge in [-0.05, 0) is 179 Å². The first-order valence-electron chi connectivity index (χ1n) is 31.8. The van der Waals surface area contributed by atoms with Crippen molar-refractivity contribution in [3.05, 3.63) is 232 Å². The number of benzene rings is 6. The molecule has 0 bridgehead atoms. The maximum Gasteiger partial charge on any atom is 0.416 e. The largest absolute Gasteiger partial charge is 0.480 e. The lowest BCUT2D eigenvalue weighted by Crippen LogP contribution is -2.46. The molecule has 102 heavy (non-hydrogen) atoms. The number of rotatable bonds is 17. The molecule has 0 unspecified atom stereocenters. The number of carbonyl (C=O) groups is 6. The number of thioether (sulfide) groups is 2. The molecular weight excluding hydrogens is 1420 g/mol. The molecule has 542 valence electrons. The topological polar surface area (TPSA) is 217 Å². The third-order valence-electron chi connectivity index (χ3n) is 17.5. The molecule has 3 heterocycles. The van der Waals surface area contributed by atoms with Crippen molar-refractivity contribution in [2.24, 2.45) is 23.5 Å². The van der Waals surface area contributed by atoms with Crippen molar-refractivity contribution in [3.63, 3.8) is 0 Å². The van der Waals surface area contributed by atoms with E-state index in [9.17, 15) is 89.9 Å². The smallest absolute Gasteiger partial charge is 0.416 e. The molecule has 6 aliphatic rings. The normalized spacial score (nSPS) is 18.7. The summed E-state index contributed by atoms with van der Waals surface area (Å²) in [6, 6.07) is 22.2. The SMILES string of the molecule is CS(=O)(=O)c1cccc(C(=O)N2C=CC[C@@H]2C(=O)N[C@@H](c2ccc(C(F)(F)F)cc2F)C2CC2)c1.CSc1cccc(C(=O)N2C=CC[C@@H]2C(=O)N[C@@H](c2ccc(C(F)(F)F)cc2F)C2CC2)c1.CSc1cccc(C(=O)N2C=CC[C@@H]2C(=O)O)c1.N[C@@H](c1ccc(C(F)(F)F)cc1F)C1CC1. The number of carboxylic acid groups (broad SMARTS) is 1. The van der Waals surface area contributed by atoms with Crippen LogP contribution >= 0.6 is 23.5 Å². The van der Waals surface area contributed by atoms with E-state index in [1.807, 2.05) is 24.6 Å². The number of halogens is 12. The van der Waals surface area contributed by atoms with Gasteiger partial charge in [0.05, 0.1) is 33.7 Å². The van der Waals surface area contributed by atoms with Gasteiger partial charge in [0.1, 0.15) is 35.6 Å². The zero-order valence-electron chi connectivity index (χ0n) is 54.5. The standard InChI is InChI=1S/C24H22F4N2O4S.C24H22F4N2O2S.C13H13NO3S.C11H11F4N/c1-35(33,34)17-5-2-4-15(12-17)23(32)30-11-3-6-20(30)22(31)29-21(14-7-8-14)18-10-9-16(13-19(18)25)24(26,27)28;1-33-17-5-2-4-15(12-17)23(32)30-11-3-6-20(30)22(31)29-21(14-7-8-14)18-10-9-16(13-19(18)25)24(26,27)28;1-18-10-5-2-4-9(8-10)12(15)14-7-3-6-11(14)13(16)17;12-9-5-7(11(13,14)15)3-4-8(9)10(16)6-1-2-6/h2-5,9-14,20-21H,6-8H2,1H3,(H,29,31);2-5,9-14,20-21H,6-8H2,1H3,(H,29,31);2-5,7-8,11H,6H2,1H3,(H,16,17);3-6,10H,1-2,16H2/t2*20-,21-;11-;10-/m1111/s1. The van der Waals surface area contributed by atoms with Gasteiger partial charge in [0.25, 0.3) is 17.7 Å². The minimum absolute atomic E-state index is 0.0235. The molecule has 3 aliphatic heterocycles. The Bertz CT molecular complexity index is 4350. The molecule has 5 N–H and O–H groups in total. The molecule has 0 aromatic heterocycles. The van der Waals surface area contributed by atoms with Gasteiger partial charge in [-0.15, -0.1) is 23.5 Å². The lowest BCUT2D eigenvalue weighted by atomic mass is 9.99. The number of nitrogens with two attached hydrogens (primary N) is 1. The molecule has 0 spiro atoms. The predicted molar refractivity (Wildman–Crippen MR) is 356 cm³/mol. The van der Waals surface area contributed by atoms with E-state index in [1.165, 1.54) is 56.9 Å². The summed E-state index contributed by atoms with van der Waals surface area (Å²) in [6.45, 7) is 0. The lowest BCUT2D eigenvalue weighted by Gasteiger charge is -2.27. The lowest BCUT2D eigenvalue weighted by molar-refractivity contribution is -0.141. The molecule has 6 atom stereocenters. The highest BCUT2D eigenvalue weighted by Gasteiger charge is 2.43. The number of sulfone groups is 1. The first kappa shape index (κ1) is 77.3. The molecular formula is C72H68F12N6O9S3. The minimum Gasteiger partial charge on any atom is -0.480 e. The fraction of sp³-hybridized carbons (Fsp3) is 0.333. The number of aliphatic carboxylic acids is 1. The zero-order valence-corrected chi connectivity index (χ0v) is 57.0. The van der Waals surface area contributed by atoms with Crippen LogP contribution in [0.2, 0.25) is 0 Å². The van der Waals surface area contributed by atoms with Crippen LogP contribution in [0.25, 0.3) is 0 Å². The number of nitrogens with zero attached hydrogens (tertiary/aromatic N) is 3. The molecule has 30 heteroatoms. The molecule has 3 fully saturated rings. The first-order valence-corrected chi connectivity index (χ1v) is 36.2. The minimum atomic E-state index is -4.69. The van der Waals surface area contributed by atoms with E-state index >= 15 is 0 Å².